The van der Waals surface area contributed by atoms with E-state index >= 15 is 0 Å². The van der Waals surface area contributed by atoms with Crippen LogP contribution in [0.4, 0.5) is 0 Å². The van der Waals surface area contributed by atoms with Gasteiger partial charge in [-0.3, -0.25) is 0 Å². The molecule has 0 radical (unpaired) electrons. The van der Waals surface area contributed by atoms with Gasteiger partial charge >= 0.3 is 0 Å². The molecule has 100 valence electrons. The number of hydrogen-bond donors (Lipinski definition) is 0. The summed E-state index contributed by atoms with van der Waals surface area (Å²) in [6.45, 7) is 0. The van der Waals surface area contributed by atoms with E-state index in [0.717, 1.165) is 22.7 Å². The first-order valence-electron chi connectivity index (χ1n) is 7.01. The summed E-state index contributed by atoms with van der Waals surface area (Å²) in [7, 11) is 0. The van der Waals surface area contributed by atoms with Crippen molar-refractivity contribution in [3.8, 4) is 17.2 Å². The smallest absolute Gasteiger partial charge is 0.0991 e. The molecule has 2 heteroatoms. The van der Waals surface area contributed by atoms with Gasteiger partial charge in [-0.15, -0.1) is 0 Å². The van der Waals surface area contributed by atoms with Crippen LogP contribution in [0.3, 0.4) is 0 Å². The van der Waals surface area contributed by atoms with Crippen LogP contribution in [-0.2, 0) is 12.8 Å². The first kappa shape index (κ1) is 12.6. The van der Waals surface area contributed by atoms with Crippen molar-refractivity contribution in [1.82, 2.24) is 0 Å². The zero-order valence-electron chi connectivity index (χ0n) is 11.4. The minimum atomic E-state index is 0.708. The summed E-state index contributed by atoms with van der Waals surface area (Å²) in [5.41, 5.74) is 6.15. The lowest BCUT2D eigenvalue weighted by molar-refractivity contribution is 0.939. The molecule has 1 aliphatic rings. The van der Waals surface area contributed by atoms with Crippen LogP contribution in [0.15, 0.2) is 53.0 Å². The van der Waals surface area contributed by atoms with Crippen molar-refractivity contribution >= 4 is 26.7 Å². The molecule has 0 heterocycles. The second-order valence-corrected chi connectivity index (χ2v) is 6.21. The van der Waals surface area contributed by atoms with Crippen molar-refractivity contribution in [3.05, 3.63) is 69.7 Å². The van der Waals surface area contributed by atoms with E-state index in [0.29, 0.717) is 5.56 Å². The van der Waals surface area contributed by atoms with Crippen LogP contribution in [0.25, 0.3) is 21.9 Å². The van der Waals surface area contributed by atoms with Gasteiger partial charge in [-0.25, -0.2) is 0 Å². The largest absolute Gasteiger partial charge is 0.192 e. The van der Waals surface area contributed by atoms with Crippen LogP contribution < -0.4 is 0 Å². The van der Waals surface area contributed by atoms with Crippen molar-refractivity contribution in [2.75, 3.05) is 0 Å². The Labute approximate surface area is 132 Å². The Morgan fingerprint density at radius 3 is 2.67 bits per heavy atom. The fourth-order valence-electron chi connectivity index (χ4n) is 3.21. The highest BCUT2D eigenvalue weighted by Gasteiger charge is 2.19. The maximum absolute atomic E-state index is 9.09. The standard InChI is InChI=1S/C19H12BrN/c20-19-16-8-7-13-3-1-2-4-15(13)18(16)10-14-6-5-12(11-21)9-17(14)19/h1-6,9-10H,7-8H2. The molecule has 1 aliphatic carbocycles. The molecule has 1 nitrogen and oxygen atoms in total. The summed E-state index contributed by atoms with van der Waals surface area (Å²) < 4.78 is 1.14. The van der Waals surface area contributed by atoms with E-state index in [1.165, 1.54) is 27.6 Å². The minimum absolute atomic E-state index is 0.708. The van der Waals surface area contributed by atoms with Crippen molar-refractivity contribution in [1.29, 1.82) is 5.26 Å². The highest BCUT2D eigenvalue weighted by molar-refractivity contribution is 9.10. The van der Waals surface area contributed by atoms with E-state index in [1.807, 2.05) is 18.2 Å². The quantitative estimate of drug-likeness (QED) is 0.551. The molecular formula is C19H12BrN. The summed E-state index contributed by atoms with van der Waals surface area (Å²) in [4.78, 5) is 0. The van der Waals surface area contributed by atoms with E-state index in [4.69, 9.17) is 5.26 Å². The Morgan fingerprint density at radius 1 is 0.952 bits per heavy atom. The number of aryl methyl sites for hydroxylation is 1. The van der Waals surface area contributed by atoms with Gasteiger partial charge in [-0.1, -0.05) is 30.3 Å². The van der Waals surface area contributed by atoms with Crippen molar-refractivity contribution in [2.45, 2.75) is 12.8 Å². The van der Waals surface area contributed by atoms with E-state index in [1.54, 1.807) is 0 Å². The molecule has 0 aromatic heterocycles. The first-order chi connectivity index (χ1) is 10.3. The van der Waals surface area contributed by atoms with Crippen LogP contribution >= 0.6 is 15.9 Å². The maximum atomic E-state index is 9.09. The molecule has 0 saturated heterocycles. The van der Waals surface area contributed by atoms with Gasteiger partial charge in [0, 0.05) is 4.47 Å². The average molecular weight is 334 g/mol. The van der Waals surface area contributed by atoms with E-state index in [2.05, 4.69) is 52.3 Å². The van der Waals surface area contributed by atoms with E-state index in [-0.39, 0.29) is 0 Å². The van der Waals surface area contributed by atoms with E-state index in [9.17, 15) is 0 Å². The van der Waals surface area contributed by atoms with E-state index < -0.39 is 0 Å². The fraction of sp³-hybridized carbons (Fsp3) is 0.105. The average Bonchev–Trinajstić information content (AvgIpc) is 2.54. The Bertz CT molecular complexity index is 919. The lowest BCUT2D eigenvalue weighted by Crippen LogP contribution is -2.05. The van der Waals surface area contributed by atoms with Crippen molar-refractivity contribution in [2.24, 2.45) is 0 Å². The second-order valence-electron chi connectivity index (χ2n) is 5.42. The monoisotopic (exact) mass is 333 g/mol. The lowest BCUT2D eigenvalue weighted by atomic mass is 9.84. The lowest BCUT2D eigenvalue weighted by Gasteiger charge is -2.22. The number of nitriles is 1. The molecule has 0 aliphatic heterocycles. The van der Waals surface area contributed by atoms with Crippen LogP contribution in [0, 0.1) is 11.3 Å². The van der Waals surface area contributed by atoms with Gasteiger partial charge in [-0.2, -0.15) is 5.26 Å². The van der Waals surface area contributed by atoms with Gasteiger partial charge in [-0.05, 0) is 80.0 Å². The molecule has 0 spiro atoms. The SMILES string of the molecule is N#Cc1ccc2cc3c(c(Br)c2c1)CCc1ccccc1-3. The second kappa shape index (κ2) is 4.72. The molecule has 3 aromatic carbocycles. The molecule has 0 fully saturated rings. The van der Waals surface area contributed by atoms with Crippen molar-refractivity contribution < 1.29 is 0 Å². The Morgan fingerprint density at radius 2 is 1.81 bits per heavy atom. The third-order valence-corrected chi connectivity index (χ3v) is 5.17. The molecule has 0 N–H and O–H groups in total. The van der Waals surface area contributed by atoms with Gasteiger partial charge in [0.1, 0.15) is 0 Å². The van der Waals surface area contributed by atoms with Gasteiger partial charge in [0.15, 0.2) is 0 Å². The van der Waals surface area contributed by atoms with Gasteiger partial charge in [0.05, 0.1) is 11.6 Å². The zero-order chi connectivity index (χ0) is 14.4. The summed E-state index contributed by atoms with van der Waals surface area (Å²) >= 11 is 3.77. The highest BCUT2D eigenvalue weighted by Crippen LogP contribution is 2.41. The molecule has 0 atom stereocenters. The third kappa shape index (κ3) is 1.89. The Kier molecular flexibility index (Phi) is 2.83. The Balaban J connectivity index is 2.07. The molecule has 0 unspecified atom stereocenters. The predicted octanol–water partition coefficient (Wildman–Crippen LogP) is 5.24. The maximum Gasteiger partial charge on any atom is 0.0991 e. The minimum Gasteiger partial charge on any atom is -0.192 e. The molecule has 3 aromatic rings. The summed E-state index contributed by atoms with van der Waals surface area (Å²) in [5.74, 6) is 0. The normalized spacial score (nSPS) is 12.6. The summed E-state index contributed by atoms with van der Waals surface area (Å²) in [6.07, 6.45) is 2.12. The Hall–Kier alpha value is -2.11. The molecule has 0 amide bonds. The van der Waals surface area contributed by atoms with Crippen LogP contribution in [0.5, 0.6) is 0 Å². The molecule has 0 saturated carbocycles. The third-order valence-electron chi connectivity index (χ3n) is 4.26. The molecule has 0 bridgehead atoms. The number of fused-ring (bicyclic) bond motifs is 4. The van der Waals surface area contributed by atoms with Gasteiger partial charge in [0.2, 0.25) is 0 Å². The first-order valence-corrected chi connectivity index (χ1v) is 7.81. The zero-order valence-corrected chi connectivity index (χ0v) is 12.9. The number of nitrogens with zero attached hydrogens (tertiary/aromatic N) is 1. The fourth-order valence-corrected chi connectivity index (χ4v) is 3.97. The number of rotatable bonds is 0. The number of halogens is 1. The van der Waals surface area contributed by atoms with Crippen LogP contribution in [0.1, 0.15) is 16.7 Å². The molecular weight excluding hydrogens is 322 g/mol. The van der Waals surface area contributed by atoms with Crippen LogP contribution in [0.2, 0.25) is 0 Å². The summed E-state index contributed by atoms with van der Waals surface area (Å²) in [5, 5.41) is 11.4. The predicted molar refractivity (Wildman–Crippen MR) is 89.2 cm³/mol. The molecule has 4 rings (SSSR count). The summed E-state index contributed by atoms with van der Waals surface area (Å²) in [6, 6.07) is 19.0. The molecule has 21 heavy (non-hydrogen) atoms. The number of hydrogen-bond acceptors (Lipinski definition) is 1. The highest BCUT2D eigenvalue weighted by atomic mass is 79.9. The topological polar surface area (TPSA) is 23.8 Å². The van der Waals surface area contributed by atoms with Gasteiger partial charge < -0.3 is 0 Å². The van der Waals surface area contributed by atoms with Crippen molar-refractivity contribution in [3.63, 3.8) is 0 Å². The van der Waals surface area contributed by atoms with Crippen LogP contribution in [-0.4, -0.2) is 0 Å². The van der Waals surface area contributed by atoms with Gasteiger partial charge in [0.25, 0.3) is 0 Å². The number of benzene rings is 3.